The third-order valence-electron chi connectivity index (χ3n) is 11.0. The molecule has 0 amide bonds. The molecule has 51 heavy (non-hydrogen) atoms. The van der Waals surface area contributed by atoms with E-state index in [0.29, 0.717) is 99.0 Å². The molecule has 14 heteroatoms. The van der Waals surface area contributed by atoms with E-state index >= 15 is 0 Å². The molecule has 260 valence electrons. The van der Waals surface area contributed by atoms with Crippen molar-refractivity contribution in [1.29, 1.82) is 10.7 Å². The molecule has 4 aliphatic heterocycles. The summed E-state index contributed by atoms with van der Waals surface area (Å²) in [7, 11) is -2.43. The number of fused-ring (bicyclic) bond motifs is 5. The van der Waals surface area contributed by atoms with Gasteiger partial charge in [-0.15, -0.1) is 0 Å². The third-order valence-corrected chi connectivity index (χ3v) is 12.7. The lowest BCUT2D eigenvalue weighted by Crippen LogP contribution is -2.64. The summed E-state index contributed by atoms with van der Waals surface area (Å²) >= 11 is 0. The minimum absolute atomic E-state index is 0.122. The normalized spacial score (nSPS) is 18.9. The zero-order valence-electron chi connectivity index (χ0n) is 28.1. The number of rotatable bonds is 8. The first-order valence-electron chi connectivity index (χ1n) is 17.1. The highest BCUT2D eigenvalue weighted by Crippen LogP contribution is 2.54. The number of aromatic nitrogens is 4. The highest BCUT2D eigenvalue weighted by atomic mass is 32.2. The molecule has 13 nitrogen and oxygen atoms in total. The fourth-order valence-electron chi connectivity index (χ4n) is 8.39. The Hall–Kier alpha value is -5.07. The van der Waals surface area contributed by atoms with E-state index < -0.39 is 15.6 Å². The number of ether oxygens (including phenoxy) is 3. The van der Waals surface area contributed by atoms with E-state index in [0.717, 1.165) is 22.4 Å². The molecular weight excluding hydrogens is 669 g/mol. The average Bonchev–Trinajstić information content (AvgIpc) is 3.92. The van der Waals surface area contributed by atoms with Crippen LogP contribution in [0.2, 0.25) is 0 Å². The van der Waals surface area contributed by atoms with Crippen molar-refractivity contribution in [3.8, 4) is 34.3 Å². The quantitative estimate of drug-likeness (QED) is 0.216. The first-order chi connectivity index (χ1) is 24.8. The molecule has 2 fully saturated rings. The summed E-state index contributed by atoms with van der Waals surface area (Å²) in [5.41, 5.74) is 4.85. The number of nitriles is 1. The Morgan fingerprint density at radius 2 is 1.90 bits per heavy atom. The number of hydrogen-bond acceptors (Lipinski definition) is 11. The third kappa shape index (κ3) is 4.62. The Morgan fingerprint density at radius 1 is 1.10 bits per heavy atom. The van der Waals surface area contributed by atoms with E-state index in [1.165, 1.54) is 10.2 Å². The van der Waals surface area contributed by atoms with Crippen molar-refractivity contribution < 1.29 is 22.6 Å². The van der Waals surface area contributed by atoms with Gasteiger partial charge in [-0.25, -0.2) is 22.1 Å². The first kappa shape index (κ1) is 31.9. The zero-order chi connectivity index (χ0) is 35.0. The lowest BCUT2D eigenvalue weighted by Gasteiger charge is -2.52. The van der Waals surface area contributed by atoms with Crippen molar-refractivity contribution in [3.05, 3.63) is 77.6 Å². The molecule has 2 saturated heterocycles. The molecule has 0 atom stereocenters. The van der Waals surface area contributed by atoms with Gasteiger partial charge in [-0.2, -0.15) is 10.4 Å². The maximum Gasteiger partial charge on any atom is 0.269 e. The van der Waals surface area contributed by atoms with Gasteiger partial charge in [0, 0.05) is 65.9 Å². The van der Waals surface area contributed by atoms with Crippen molar-refractivity contribution in [2.45, 2.75) is 48.4 Å². The highest BCUT2D eigenvalue weighted by molar-refractivity contribution is 7.90. The second-order valence-electron chi connectivity index (χ2n) is 13.6. The number of nitrogens with zero attached hydrogens (tertiary/aromatic N) is 6. The molecular formula is C37H36N8O5S. The number of anilines is 1. The van der Waals surface area contributed by atoms with Crippen LogP contribution < -0.4 is 10.1 Å². The van der Waals surface area contributed by atoms with Crippen LogP contribution in [0.15, 0.2) is 65.8 Å². The van der Waals surface area contributed by atoms with E-state index in [1.807, 2.05) is 18.2 Å². The number of benzene rings is 2. The van der Waals surface area contributed by atoms with Crippen molar-refractivity contribution in [2.75, 3.05) is 45.3 Å². The maximum absolute atomic E-state index is 15.0. The molecule has 2 N–H and O–H groups in total. The summed E-state index contributed by atoms with van der Waals surface area (Å²) in [6.07, 6.45) is 6.41. The minimum Gasteiger partial charge on any atom is -0.475 e. The van der Waals surface area contributed by atoms with Crippen molar-refractivity contribution in [2.24, 2.45) is 0 Å². The second kappa shape index (κ2) is 11.7. The van der Waals surface area contributed by atoms with Gasteiger partial charge in [0.15, 0.2) is 5.65 Å². The zero-order valence-corrected chi connectivity index (χ0v) is 28.9. The summed E-state index contributed by atoms with van der Waals surface area (Å²) in [6.45, 7) is 3.76. The summed E-state index contributed by atoms with van der Waals surface area (Å²) in [5.74, 6) is 0.490. The molecule has 0 radical (unpaired) electrons. The van der Waals surface area contributed by atoms with Gasteiger partial charge in [0.2, 0.25) is 5.88 Å². The smallest absolute Gasteiger partial charge is 0.269 e. The standard InChI is InChI=1S/C37H36N8O5S/c1-40-29-8-7-24(17-25(29)18-39)30-31-32-26(21-50-37(32)10-13-43(14-11-37)36(9-12-38)22-48-23-36)19-41-34(31)45(51(46,47)27-5-3-2-4-6-27)33(30)28-20-42-44-15-16-49-35(28)44/h2-8,17-20,39-40H,9-11,13-16,21-23H2,1H3. The van der Waals surface area contributed by atoms with Crippen LogP contribution in [0.4, 0.5) is 5.69 Å². The molecule has 9 rings (SSSR count). The summed E-state index contributed by atoms with van der Waals surface area (Å²) < 4.78 is 51.6. The number of piperidine rings is 1. The average molecular weight is 705 g/mol. The Morgan fingerprint density at radius 3 is 2.61 bits per heavy atom. The fourth-order valence-corrected chi connectivity index (χ4v) is 9.90. The van der Waals surface area contributed by atoms with Gasteiger partial charge in [-0.05, 0) is 42.7 Å². The van der Waals surface area contributed by atoms with Crippen molar-refractivity contribution in [1.82, 2.24) is 23.6 Å². The Balaban J connectivity index is 1.35. The molecule has 0 aliphatic carbocycles. The van der Waals surface area contributed by atoms with Crippen LogP contribution in [0, 0.1) is 16.7 Å². The molecule has 3 aromatic heterocycles. The van der Waals surface area contributed by atoms with Crippen LogP contribution in [0.25, 0.3) is 33.4 Å². The molecule has 7 heterocycles. The summed E-state index contributed by atoms with van der Waals surface area (Å²) in [4.78, 5) is 7.41. The van der Waals surface area contributed by atoms with Crippen molar-refractivity contribution in [3.63, 3.8) is 0 Å². The monoisotopic (exact) mass is 704 g/mol. The molecule has 5 aromatic rings. The lowest BCUT2D eigenvalue weighted by atomic mass is 9.79. The topological polar surface area (TPSA) is 160 Å². The van der Waals surface area contributed by atoms with Gasteiger partial charge in [0.1, 0.15) is 6.61 Å². The number of likely N-dealkylation sites (tertiary alicyclic amines) is 1. The van der Waals surface area contributed by atoms with E-state index in [1.54, 1.807) is 54.5 Å². The van der Waals surface area contributed by atoms with E-state index in [4.69, 9.17) is 24.6 Å². The van der Waals surface area contributed by atoms with Gasteiger partial charge in [0.05, 0.1) is 72.3 Å². The van der Waals surface area contributed by atoms with E-state index in [9.17, 15) is 13.7 Å². The van der Waals surface area contributed by atoms with Crippen LogP contribution in [0.1, 0.15) is 36.0 Å². The Kier molecular flexibility index (Phi) is 7.34. The van der Waals surface area contributed by atoms with Gasteiger partial charge in [-0.1, -0.05) is 24.3 Å². The molecule has 4 aliphatic rings. The van der Waals surface area contributed by atoms with Crippen LogP contribution in [0.5, 0.6) is 5.88 Å². The van der Waals surface area contributed by atoms with Gasteiger partial charge in [0.25, 0.3) is 10.0 Å². The summed E-state index contributed by atoms with van der Waals surface area (Å²) in [5, 5.41) is 26.3. The van der Waals surface area contributed by atoms with Crippen LogP contribution in [-0.4, -0.2) is 83.8 Å². The predicted molar refractivity (Wildman–Crippen MR) is 189 cm³/mol. The van der Waals surface area contributed by atoms with Gasteiger partial charge in [-0.3, -0.25) is 4.90 Å². The number of hydrogen-bond donors (Lipinski definition) is 2. The van der Waals surface area contributed by atoms with Gasteiger partial charge < -0.3 is 24.9 Å². The lowest BCUT2D eigenvalue weighted by molar-refractivity contribution is -0.166. The SMILES string of the molecule is CNc1ccc(-c2c(-c3cnn4c3OCC4)n(S(=O)(=O)c3ccccc3)c3ncc4c(c23)C2(CCN(C3(CC#N)COC3)CC2)OC4)cc1C=N. The molecule has 0 unspecified atom stereocenters. The highest BCUT2D eigenvalue weighted by Gasteiger charge is 2.51. The van der Waals surface area contributed by atoms with E-state index in [-0.39, 0.29) is 16.1 Å². The van der Waals surface area contributed by atoms with E-state index in [2.05, 4.69) is 21.4 Å². The predicted octanol–water partition coefficient (Wildman–Crippen LogP) is 4.74. The molecule has 0 saturated carbocycles. The molecule has 2 aromatic carbocycles. The van der Waals surface area contributed by atoms with Gasteiger partial charge >= 0.3 is 0 Å². The molecule has 1 spiro atoms. The number of pyridine rings is 1. The molecule has 0 bridgehead atoms. The summed E-state index contributed by atoms with van der Waals surface area (Å²) in [6, 6.07) is 16.5. The van der Waals surface area contributed by atoms with Crippen LogP contribution in [-0.2, 0) is 38.2 Å². The minimum atomic E-state index is -4.23. The Bertz CT molecular complexity index is 2370. The first-order valence-corrected chi connectivity index (χ1v) is 18.5. The second-order valence-corrected chi connectivity index (χ2v) is 15.4. The largest absolute Gasteiger partial charge is 0.475 e. The maximum atomic E-state index is 15.0. The van der Waals surface area contributed by atoms with Crippen LogP contribution in [0.3, 0.4) is 0 Å². The Labute approximate surface area is 294 Å². The fraction of sp³-hybridized carbons (Fsp3) is 0.351. The number of nitrogens with one attached hydrogen (secondary N) is 2. The van der Waals surface area contributed by atoms with Crippen LogP contribution >= 0.6 is 0 Å². The van der Waals surface area contributed by atoms with Crippen molar-refractivity contribution >= 4 is 33.0 Å².